The second-order valence-corrected chi connectivity index (χ2v) is 6.31. The molecule has 1 aromatic rings. The molecule has 0 amide bonds. The molecule has 0 heterocycles. The molecule has 0 aromatic heterocycles. The van der Waals surface area contributed by atoms with Crippen molar-refractivity contribution < 1.29 is 8.42 Å². The molecule has 0 fully saturated rings. The van der Waals surface area contributed by atoms with Crippen molar-refractivity contribution in [2.45, 2.75) is 27.2 Å². The van der Waals surface area contributed by atoms with Crippen molar-refractivity contribution in [3.63, 3.8) is 0 Å². The summed E-state index contributed by atoms with van der Waals surface area (Å²) in [5.74, 6) is 0.0971. The van der Waals surface area contributed by atoms with Gasteiger partial charge in [0.25, 0.3) is 0 Å². The fourth-order valence-corrected chi connectivity index (χ4v) is 2.55. The average Bonchev–Trinajstić information content (AvgIpc) is 2.29. The Hall–Kier alpha value is -1.07. The minimum absolute atomic E-state index is 0.0971. The van der Waals surface area contributed by atoms with Crippen molar-refractivity contribution in [3.8, 4) is 0 Å². The topological polar surface area (TPSA) is 58.2 Å². The lowest BCUT2D eigenvalue weighted by Gasteiger charge is -2.10. The van der Waals surface area contributed by atoms with Gasteiger partial charge in [0, 0.05) is 12.2 Å². The lowest BCUT2D eigenvalue weighted by Crippen LogP contribution is -2.27. The minimum atomic E-state index is -3.26. The average molecular weight is 270 g/mol. The van der Waals surface area contributed by atoms with Gasteiger partial charge in [-0.25, -0.2) is 8.42 Å². The third-order valence-electron chi connectivity index (χ3n) is 2.75. The molecule has 0 unspecified atom stereocenters. The maximum Gasteiger partial charge on any atom is 0.233 e. The number of sulfonamides is 1. The van der Waals surface area contributed by atoms with Gasteiger partial charge in [-0.1, -0.05) is 13.0 Å². The molecule has 5 heteroatoms. The summed E-state index contributed by atoms with van der Waals surface area (Å²) in [6, 6.07) is 5.56. The normalized spacial score (nSPS) is 11.5. The lowest BCUT2D eigenvalue weighted by molar-refractivity contribution is 0.595. The van der Waals surface area contributed by atoms with Gasteiger partial charge >= 0.3 is 0 Å². The first-order valence-corrected chi connectivity index (χ1v) is 7.88. The van der Waals surface area contributed by atoms with Crippen molar-refractivity contribution in [2.75, 3.05) is 23.6 Å². The molecule has 1 rings (SSSR count). The van der Waals surface area contributed by atoms with Crippen molar-refractivity contribution in [2.24, 2.45) is 0 Å². The van der Waals surface area contributed by atoms with Crippen LogP contribution in [-0.4, -0.2) is 27.3 Å². The van der Waals surface area contributed by atoms with Crippen LogP contribution in [0.25, 0.3) is 0 Å². The standard InChI is InChI=1S/C13H22N2O2S/c1-4-7-14-8-9-18(16,17)15-13-6-5-11(2)12(3)10-13/h5-6,10,14-15H,4,7-9H2,1-3H3. The van der Waals surface area contributed by atoms with E-state index < -0.39 is 10.0 Å². The van der Waals surface area contributed by atoms with Crippen LogP contribution in [0.4, 0.5) is 5.69 Å². The minimum Gasteiger partial charge on any atom is -0.316 e. The van der Waals surface area contributed by atoms with Crippen LogP contribution in [0.5, 0.6) is 0 Å². The lowest BCUT2D eigenvalue weighted by atomic mass is 10.1. The van der Waals surface area contributed by atoms with E-state index in [1.807, 2.05) is 26.0 Å². The van der Waals surface area contributed by atoms with E-state index in [-0.39, 0.29) is 5.75 Å². The van der Waals surface area contributed by atoms with Crippen LogP contribution in [0.1, 0.15) is 24.5 Å². The summed E-state index contributed by atoms with van der Waals surface area (Å²) in [5, 5.41) is 3.08. The van der Waals surface area contributed by atoms with E-state index in [9.17, 15) is 8.42 Å². The van der Waals surface area contributed by atoms with Crippen molar-refractivity contribution >= 4 is 15.7 Å². The van der Waals surface area contributed by atoms with E-state index in [1.165, 1.54) is 0 Å². The predicted octanol–water partition coefficient (Wildman–Crippen LogP) is 2.04. The van der Waals surface area contributed by atoms with E-state index >= 15 is 0 Å². The highest BCUT2D eigenvalue weighted by atomic mass is 32.2. The van der Waals surface area contributed by atoms with E-state index in [2.05, 4.69) is 17.0 Å². The van der Waals surface area contributed by atoms with Gasteiger partial charge in [0.15, 0.2) is 0 Å². The van der Waals surface area contributed by atoms with Crippen LogP contribution in [0.3, 0.4) is 0 Å². The second-order valence-electron chi connectivity index (χ2n) is 4.47. The Kier molecular flexibility index (Phi) is 5.62. The Bertz CT molecular complexity index is 484. The molecule has 0 saturated carbocycles. The van der Waals surface area contributed by atoms with Crippen LogP contribution in [0.15, 0.2) is 18.2 Å². The van der Waals surface area contributed by atoms with Crippen LogP contribution in [-0.2, 0) is 10.0 Å². The van der Waals surface area contributed by atoms with Crippen LogP contribution in [0.2, 0.25) is 0 Å². The van der Waals surface area contributed by atoms with Crippen molar-refractivity contribution in [3.05, 3.63) is 29.3 Å². The molecule has 0 bridgehead atoms. The van der Waals surface area contributed by atoms with Gasteiger partial charge in [-0.3, -0.25) is 4.72 Å². The van der Waals surface area contributed by atoms with E-state index in [4.69, 9.17) is 0 Å². The van der Waals surface area contributed by atoms with Crippen molar-refractivity contribution in [1.29, 1.82) is 0 Å². The molecule has 1 aromatic carbocycles. The summed E-state index contributed by atoms with van der Waals surface area (Å²) in [7, 11) is -3.26. The summed E-state index contributed by atoms with van der Waals surface area (Å²) in [5.41, 5.74) is 2.87. The summed E-state index contributed by atoms with van der Waals surface area (Å²) < 4.78 is 26.2. The zero-order valence-corrected chi connectivity index (χ0v) is 12.1. The molecule has 2 N–H and O–H groups in total. The monoisotopic (exact) mass is 270 g/mol. The number of nitrogens with one attached hydrogen (secondary N) is 2. The Balaban J connectivity index is 2.56. The van der Waals surface area contributed by atoms with Gasteiger partial charge in [0.1, 0.15) is 0 Å². The van der Waals surface area contributed by atoms with E-state index in [0.29, 0.717) is 12.2 Å². The number of hydrogen-bond donors (Lipinski definition) is 2. The van der Waals surface area contributed by atoms with Crippen LogP contribution in [0, 0.1) is 13.8 Å². The summed E-state index contributed by atoms with van der Waals surface area (Å²) >= 11 is 0. The zero-order chi connectivity index (χ0) is 13.6. The zero-order valence-electron chi connectivity index (χ0n) is 11.3. The second kappa shape index (κ2) is 6.75. The number of anilines is 1. The molecule has 4 nitrogen and oxygen atoms in total. The molecule has 0 radical (unpaired) electrons. The maximum atomic E-state index is 11.8. The van der Waals surface area contributed by atoms with Gasteiger partial charge in [-0.15, -0.1) is 0 Å². The predicted molar refractivity (Wildman–Crippen MR) is 76.5 cm³/mol. The number of hydrogen-bond acceptors (Lipinski definition) is 3. The van der Waals surface area contributed by atoms with Gasteiger partial charge < -0.3 is 5.32 Å². The largest absolute Gasteiger partial charge is 0.316 e. The SMILES string of the molecule is CCCNCCS(=O)(=O)Nc1ccc(C)c(C)c1. The Morgan fingerprint density at radius 1 is 1.11 bits per heavy atom. The maximum absolute atomic E-state index is 11.8. The summed E-state index contributed by atoms with van der Waals surface area (Å²) in [6.07, 6.45) is 1.00. The molecule has 0 aliphatic heterocycles. The molecule has 0 saturated heterocycles. The fourth-order valence-electron chi connectivity index (χ4n) is 1.54. The Labute approximate surface area is 110 Å². The molecule has 0 atom stereocenters. The number of benzene rings is 1. The van der Waals surface area contributed by atoms with Crippen LogP contribution >= 0.6 is 0 Å². The van der Waals surface area contributed by atoms with E-state index in [1.54, 1.807) is 6.07 Å². The summed E-state index contributed by atoms with van der Waals surface area (Å²) in [4.78, 5) is 0. The number of aryl methyl sites for hydroxylation is 2. The molecule has 0 aliphatic carbocycles. The van der Waals surface area contributed by atoms with Crippen LogP contribution < -0.4 is 10.0 Å². The Morgan fingerprint density at radius 2 is 1.83 bits per heavy atom. The molecule has 18 heavy (non-hydrogen) atoms. The van der Waals surface area contributed by atoms with Gasteiger partial charge in [-0.05, 0) is 50.1 Å². The smallest absolute Gasteiger partial charge is 0.233 e. The quantitative estimate of drug-likeness (QED) is 0.746. The highest BCUT2D eigenvalue weighted by molar-refractivity contribution is 7.92. The highest BCUT2D eigenvalue weighted by Crippen LogP contribution is 2.15. The fraction of sp³-hybridized carbons (Fsp3) is 0.538. The third kappa shape index (κ3) is 5.06. The van der Waals surface area contributed by atoms with E-state index in [0.717, 1.165) is 24.1 Å². The molecule has 0 aliphatic rings. The van der Waals surface area contributed by atoms with Crippen molar-refractivity contribution in [1.82, 2.24) is 5.32 Å². The van der Waals surface area contributed by atoms with Gasteiger partial charge in [0.05, 0.1) is 5.75 Å². The molecule has 102 valence electrons. The third-order valence-corrected chi connectivity index (χ3v) is 4.04. The first kappa shape index (κ1) is 15.0. The van der Waals surface area contributed by atoms with Gasteiger partial charge in [0.2, 0.25) is 10.0 Å². The van der Waals surface area contributed by atoms with Gasteiger partial charge in [-0.2, -0.15) is 0 Å². The molecular formula is C13H22N2O2S. The molecule has 0 spiro atoms. The molecular weight excluding hydrogens is 248 g/mol. The summed E-state index contributed by atoms with van der Waals surface area (Å²) in [6.45, 7) is 7.35. The first-order chi connectivity index (χ1) is 8.44. The Morgan fingerprint density at radius 3 is 2.44 bits per heavy atom. The highest BCUT2D eigenvalue weighted by Gasteiger charge is 2.10. The number of rotatable bonds is 7. The first-order valence-electron chi connectivity index (χ1n) is 6.23.